The highest BCUT2D eigenvalue weighted by molar-refractivity contribution is 6.55. The second-order valence-electron chi connectivity index (χ2n) is 6.83. The molecule has 3 aromatic heterocycles. The Morgan fingerprint density at radius 3 is 2.74 bits per heavy atom. The summed E-state index contributed by atoms with van der Waals surface area (Å²) in [4.78, 5) is 8.41. The first-order chi connectivity index (χ1) is 12.8. The van der Waals surface area contributed by atoms with E-state index >= 15 is 0 Å². The highest BCUT2D eigenvalue weighted by Crippen LogP contribution is 2.34. The van der Waals surface area contributed by atoms with Crippen molar-refractivity contribution in [3.05, 3.63) is 47.4 Å². The third kappa shape index (κ3) is 4.54. The number of alkyl halides is 2. The molecule has 0 N–H and O–H groups in total. The molecule has 3 aromatic rings. The zero-order valence-electron chi connectivity index (χ0n) is 15.5. The SMILES string of the molecule is C[Si+](C)CCOCn1c(-c2cncc(C(C)(F)F)c2)cc2c(Cl)ccnc21. The molecular formula is C19H21ClF2N3OSi+. The van der Waals surface area contributed by atoms with Gasteiger partial charge in [-0.25, -0.2) is 13.8 Å². The second kappa shape index (κ2) is 8.04. The maximum Gasteiger partial charge on any atom is 0.310 e. The van der Waals surface area contributed by atoms with E-state index in [9.17, 15) is 8.78 Å². The highest BCUT2D eigenvalue weighted by Gasteiger charge is 2.25. The van der Waals surface area contributed by atoms with Crippen molar-refractivity contribution in [1.29, 1.82) is 0 Å². The van der Waals surface area contributed by atoms with Crippen molar-refractivity contribution in [3.8, 4) is 11.3 Å². The van der Waals surface area contributed by atoms with Gasteiger partial charge in [0.05, 0.1) is 36.5 Å². The molecule has 0 aromatic carbocycles. The van der Waals surface area contributed by atoms with Gasteiger partial charge in [-0.15, -0.1) is 0 Å². The third-order valence-corrected chi connectivity index (χ3v) is 5.78. The predicted octanol–water partition coefficient (Wildman–Crippen LogP) is 5.59. The molecule has 0 atom stereocenters. The Balaban J connectivity index is 2.04. The summed E-state index contributed by atoms with van der Waals surface area (Å²) in [5, 5.41) is 1.31. The third-order valence-electron chi connectivity index (χ3n) is 4.25. The number of ether oxygens (including phenoxy) is 1. The van der Waals surface area contributed by atoms with Crippen molar-refractivity contribution in [1.82, 2.24) is 14.5 Å². The predicted molar refractivity (Wildman–Crippen MR) is 106 cm³/mol. The molecule has 0 saturated heterocycles. The quantitative estimate of drug-likeness (QED) is 0.377. The minimum atomic E-state index is -2.97. The van der Waals surface area contributed by atoms with Crippen LogP contribution in [0.5, 0.6) is 0 Å². The van der Waals surface area contributed by atoms with Crippen molar-refractivity contribution in [3.63, 3.8) is 0 Å². The minimum Gasteiger partial charge on any atom is -0.358 e. The maximum atomic E-state index is 13.7. The van der Waals surface area contributed by atoms with Crippen molar-refractivity contribution < 1.29 is 13.5 Å². The molecule has 0 aliphatic rings. The first kappa shape index (κ1) is 19.9. The van der Waals surface area contributed by atoms with Crippen LogP contribution in [0.1, 0.15) is 12.5 Å². The van der Waals surface area contributed by atoms with Crippen molar-refractivity contribution in [2.45, 2.75) is 38.7 Å². The molecule has 3 heterocycles. The normalized spacial score (nSPS) is 11.9. The van der Waals surface area contributed by atoms with Gasteiger partial charge in [-0.2, -0.15) is 0 Å². The highest BCUT2D eigenvalue weighted by atomic mass is 35.5. The van der Waals surface area contributed by atoms with Gasteiger partial charge in [0.25, 0.3) is 5.92 Å². The number of fused-ring (bicyclic) bond motifs is 1. The fourth-order valence-corrected chi connectivity index (χ4v) is 3.49. The number of hydrogen-bond acceptors (Lipinski definition) is 3. The van der Waals surface area contributed by atoms with E-state index in [-0.39, 0.29) is 21.1 Å². The summed E-state index contributed by atoms with van der Waals surface area (Å²) in [6.07, 6.45) is 4.37. The summed E-state index contributed by atoms with van der Waals surface area (Å²) in [6, 6.07) is 6.03. The molecular weight excluding hydrogens is 388 g/mol. The molecule has 0 radical (unpaired) electrons. The molecule has 0 aliphatic heterocycles. The number of rotatable bonds is 7. The Kier molecular flexibility index (Phi) is 5.93. The Bertz CT molecular complexity index is 940. The van der Waals surface area contributed by atoms with Crippen LogP contribution in [0.4, 0.5) is 8.78 Å². The van der Waals surface area contributed by atoms with Crippen LogP contribution in [0.15, 0.2) is 36.8 Å². The zero-order chi connectivity index (χ0) is 19.6. The lowest BCUT2D eigenvalue weighted by atomic mass is 10.1. The van der Waals surface area contributed by atoms with E-state index in [0.717, 1.165) is 18.4 Å². The van der Waals surface area contributed by atoms with E-state index in [1.807, 2.05) is 10.6 Å². The Labute approximate surface area is 163 Å². The van der Waals surface area contributed by atoms with E-state index in [1.165, 1.54) is 12.3 Å². The lowest BCUT2D eigenvalue weighted by Crippen LogP contribution is -2.10. The molecule has 27 heavy (non-hydrogen) atoms. The van der Waals surface area contributed by atoms with Gasteiger partial charge in [0.1, 0.15) is 12.4 Å². The molecule has 0 spiro atoms. The van der Waals surface area contributed by atoms with Crippen LogP contribution >= 0.6 is 11.6 Å². The summed E-state index contributed by atoms with van der Waals surface area (Å²) in [5.41, 5.74) is 1.79. The monoisotopic (exact) mass is 408 g/mol. The van der Waals surface area contributed by atoms with Crippen LogP contribution < -0.4 is 0 Å². The van der Waals surface area contributed by atoms with Crippen LogP contribution in [0.25, 0.3) is 22.3 Å². The van der Waals surface area contributed by atoms with Crippen LogP contribution in [0.3, 0.4) is 0 Å². The van der Waals surface area contributed by atoms with Gasteiger partial charge in [-0.3, -0.25) is 4.98 Å². The van der Waals surface area contributed by atoms with Gasteiger partial charge in [0.2, 0.25) is 0 Å². The molecule has 3 rings (SSSR count). The van der Waals surface area contributed by atoms with Gasteiger partial charge in [-0.05, 0) is 18.2 Å². The first-order valence-electron chi connectivity index (χ1n) is 8.61. The van der Waals surface area contributed by atoms with E-state index in [0.29, 0.717) is 28.5 Å². The molecule has 8 heteroatoms. The number of halogens is 3. The average Bonchev–Trinajstić information content (AvgIpc) is 2.98. The number of hydrogen-bond donors (Lipinski definition) is 0. The molecule has 0 amide bonds. The van der Waals surface area contributed by atoms with E-state index in [4.69, 9.17) is 16.3 Å². The van der Waals surface area contributed by atoms with E-state index < -0.39 is 5.92 Å². The summed E-state index contributed by atoms with van der Waals surface area (Å²) in [6.45, 7) is 6.24. The average molecular weight is 409 g/mol. The Morgan fingerprint density at radius 2 is 2.04 bits per heavy atom. The minimum absolute atomic E-state index is 0.138. The lowest BCUT2D eigenvalue weighted by molar-refractivity contribution is 0.0171. The summed E-state index contributed by atoms with van der Waals surface area (Å²) in [5.74, 6) is -2.97. The lowest BCUT2D eigenvalue weighted by Gasteiger charge is -2.13. The molecule has 0 unspecified atom stereocenters. The van der Waals surface area contributed by atoms with Gasteiger partial charge in [0, 0.05) is 42.0 Å². The summed E-state index contributed by atoms with van der Waals surface area (Å²) < 4.78 is 35.2. The van der Waals surface area contributed by atoms with Crippen LogP contribution in [0.2, 0.25) is 24.2 Å². The summed E-state index contributed by atoms with van der Waals surface area (Å²) >= 11 is 6.31. The first-order valence-corrected chi connectivity index (χ1v) is 11.7. The largest absolute Gasteiger partial charge is 0.358 e. The van der Waals surface area contributed by atoms with E-state index in [2.05, 4.69) is 23.1 Å². The van der Waals surface area contributed by atoms with Crippen molar-refractivity contribution >= 4 is 31.4 Å². The zero-order valence-corrected chi connectivity index (χ0v) is 17.2. The molecule has 4 nitrogen and oxygen atoms in total. The van der Waals surface area contributed by atoms with Crippen LogP contribution in [0, 0.1) is 0 Å². The number of nitrogens with zero attached hydrogens (tertiary/aromatic N) is 3. The van der Waals surface area contributed by atoms with Gasteiger partial charge < -0.3 is 9.30 Å². The summed E-state index contributed by atoms with van der Waals surface area (Å²) in [7, 11) is -0.372. The Morgan fingerprint density at radius 1 is 1.26 bits per heavy atom. The van der Waals surface area contributed by atoms with Crippen LogP contribution in [-0.4, -0.2) is 29.9 Å². The van der Waals surface area contributed by atoms with Crippen molar-refractivity contribution in [2.75, 3.05) is 6.61 Å². The fraction of sp³-hybridized carbons (Fsp3) is 0.368. The smallest absolute Gasteiger partial charge is 0.310 e. The fourth-order valence-electron chi connectivity index (χ4n) is 2.74. The van der Waals surface area contributed by atoms with Crippen LogP contribution in [-0.2, 0) is 17.4 Å². The molecule has 142 valence electrons. The Hall–Kier alpha value is -1.83. The topological polar surface area (TPSA) is 39.9 Å². The second-order valence-corrected chi connectivity index (χ2v) is 10.2. The maximum absolute atomic E-state index is 13.7. The molecule has 0 saturated carbocycles. The van der Waals surface area contributed by atoms with Gasteiger partial charge in [0.15, 0.2) is 0 Å². The molecule has 0 bridgehead atoms. The van der Waals surface area contributed by atoms with Gasteiger partial charge in [-0.1, -0.05) is 11.6 Å². The van der Waals surface area contributed by atoms with Gasteiger partial charge >= 0.3 is 8.80 Å². The van der Waals surface area contributed by atoms with E-state index in [1.54, 1.807) is 18.5 Å². The number of pyridine rings is 2. The molecule has 0 fully saturated rings. The molecule has 0 aliphatic carbocycles. The number of aromatic nitrogens is 3. The standard InChI is InChI=1S/C19H21ClF2N3OSi/c1-19(21,22)14-8-13(10-23-11-14)17-9-15-16(20)4-5-24-18(15)25(17)12-26-6-7-27(2)3/h4-5,8-11H,6-7,12H2,1-3H3/q+1. The van der Waals surface area contributed by atoms with Crippen molar-refractivity contribution in [2.24, 2.45) is 0 Å².